The molecule has 2 aliphatic carbocycles. The molecule has 0 spiro atoms. The van der Waals surface area contributed by atoms with Crippen molar-refractivity contribution in [1.82, 2.24) is 0 Å². The lowest BCUT2D eigenvalue weighted by Crippen LogP contribution is -2.32. The van der Waals surface area contributed by atoms with Crippen molar-refractivity contribution in [2.75, 3.05) is 0 Å². The Hall–Kier alpha value is -1.12. The summed E-state index contributed by atoms with van der Waals surface area (Å²) in [6.45, 7) is 1.80. The molecule has 2 rings (SSSR count). The van der Waals surface area contributed by atoms with Crippen LogP contribution in [0.4, 0.5) is 0 Å². The Morgan fingerprint density at radius 3 is 2.36 bits per heavy atom. The summed E-state index contributed by atoms with van der Waals surface area (Å²) in [6, 6.07) is 0. The fraction of sp³-hybridized carbons (Fsp3) is 0.636. The van der Waals surface area contributed by atoms with Gasteiger partial charge in [0.05, 0.1) is 5.92 Å². The Balaban J connectivity index is 2.26. The molecule has 0 heterocycles. The van der Waals surface area contributed by atoms with E-state index in [4.69, 9.17) is 5.11 Å². The minimum Gasteiger partial charge on any atom is -0.481 e. The normalized spacial score (nSPS) is 38.9. The largest absolute Gasteiger partial charge is 0.481 e. The second kappa shape index (κ2) is 3.23. The average Bonchev–Trinajstić information content (AvgIpc) is 2.74. The van der Waals surface area contributed by atoms with Gasteiger partial charge in [0.1, 0.15) is 5.78 Å². The molecule has 4 atom stereocenters. The molecule has 3 nitrogen and oxygen atoms in total. The number of rotatable bonds is 3. The average molecular weight is 194 g/mol. The van der Waals surface area contributed by atoms with Crippen molar-refractivity contribution in [3.63, 3.8) is 0 Å². The van der Waals surface area contributed by atoms with Crippen molar-refractivity contribution >= 4 is 11.8 Å². The van der Waals surface area contributed by atoms with Gasteiger partial charge in [-0.2, -0.15) is 0 Å². The van der Waals surface area contributed by atoms with Gasteiger partial charge in [-0.15, -0.1) is 0 Å². The van der Waals surface area contributed by atoms with Gasteiger partial charge in [-0.1, -0.05) is 19.1 Å². The number of allylic oxidation sites excluding steroid dienone is 2. The molecule has 1 N–H and O–H groups in total. The van der Waals surface area contributed by atoms with Gasteiger partial charge in [0.25, 0.3) is 0 Å². The van der Waals surface area contributed by atoms with Crippen LogP contribution in [0.2, 0.25) is 0 Å². The summed E-state index contributed by atoms with van der Waals surface area (Å²) in [5.74, 6) is -1.14. The summed E-state index contributed by atoms with van der Waals surface area (Å²) in [6.07, 6.45) is 5.28. The number of ketones is 1. The molecule has 0 unspecified atom stereocenters. The van der Waals surface area contributed by atoms with Crippen molar-refractivity contribution in [1.29, 1.82) is 0 Å². The maximum Gasteiger partial charge on any atom is 0.307 e. The first-order valence-corrected chi connectivity index (χ1v) is 5.09. The van der Waals surface area contributed by atoms with E-state index in [1.54, 1.807) is 6.92 Å². The lowest BCUT2D eigenvalue weighted by molar-refractivity contribution is -0.147. The first-order chi connectivity index (χ1) is 6.65. The maximum atomic E-state index is 11.6. The number of carboxylic acids is 1. The Morgan fingerprint density at radius 2 is 1.86 bits per heavy atom. The summed E-state index contributed by atoms with van der Waals surface area (Å²) in [5, 5.41) is 9.06. The van der Waals surface area contributed by atoms with Gasteiger partial charge in [-0.25, -0.2) is 0 Å². The van der Waals surface area contributed by atoms with Crippen molar-refractivity contribution < 1.29 is 14.7 Å². The van der Waals surface area contributed by atoms with Crippen LogP contribution >= 0.6 is 0 Å². The van der Waals surface area contributed by atoms with E-state index in [0.29, 0.717) is 6.42 Å². The Kier molecular flexibility index (Phi) is 2.17. The monoisotopic (exact) mass is 194 g/mol. The highest BCUT2D eigenvalue weighted by atomic mass is 16.4. The SMILES string of the molecule is CCC(=O)[C@@H]1[C@H](C(=O)O)[C@@H]2C=C[C@H]1C2. The van der Waals surface area contributed by atoms with Crippen LogP contribution in [0.1, 0.15) is 19.8 Å². The van der Waals surface area contributed by atoms with E-state index < -0.39 is 11.9 Å². The molecule has 1 fully saturated rings. The standard InChI is InChI=1S/C11H14O3/c1-2-8(12)9-6-3-4-7(5-6)10(9)11(13)14/h3-4,6-7,9-10H,2,5H2,1H3,(H,13,14)/t6-,7+,9+,10+/m0/s1. The number of carboxylic acid groups (broad SMARTS) is 1. The summed E-state index contributed by atoms with van der Waals surface area (Å²) in [4.78, 5) is 22.7. The zero-order valence-corrected chi connectivity index (χ0v) is 8.14. The second-order valence-corrected chi connectivity index (χ2v) is 4.16. The first-order valence-electron chi connectivity index (χ1n) is 5.09. The van der Waals surface area contributed by atoms with Gasteiger partial charge in [0.2, 0.25) is 0 Å². The van der Waals surface area contributed by atoms with Crippen LogP contribution in [-0.4, -0.2) is 16.9 Å². The molecule has 0 aromatic rings. The van der Waals surface area contributed by atoms with Gasteiger partial charge in [0, 0.05) is 12.3 Å². The highest BCUT2D eigenvalue weighted by Crippen LogP contribution is 2.48. The molecule has 0 aliphatic heterocycles. The highest BCUT2D eigenvalue weighted by molar-refractivity contribution is 5.88. The van der Waals surface area contributed by atoms with E-state index in [0.717, 1.165) is 6.42 Å². The smallest absolute Gasteiger partial charge is 0.307 e. The van der Waals surface area contributed by atoms with Crippen LogP contribution in [0.5, 0.6) is 0 Å². The number of aliphatic carboxylic acids is 1. The zero-order valence-electron chi connectivity index (χ0n) is 8.14. The van der Waals surface area contributed by atoms with Crippen molar-refractivity contribution in [2.45, 2.75) is 19.8 Å². The Bertz CT molecular complexity index is 306. The van der Waals surface area contributed by atoms with Crippen LogP contribution in [0.25, 0.3) is 0 Å². The van der Waals surface area contributed by atoms with Gasteiger partial charge in [0.15, 0.2) is 0 Å². The van der Waals surface area contributed by atoms with E-state index in [1.807, 2.05) is 12.2 Å². The summed E-state index contributed by atoms with van der Waals surface area (Å²) in [5.41, 5.74) is 0. The first kappa shape index (κ1) is 9.44. The summed E-state index contributed by atoms with van der Waals surface area (Å²) < 4.78 is 0. The minimum atomic E-state index is -0.811. The maximum absolute atomic E-state index is 11.6. The van der Waals surface area contributed by atoms with Crippen LogP contribution in [-0.2, 0) is 9.59 Å². The number of hydrogen-bond acceptors (Lipinski definition) is 2. The number of hydrogen-bond donors (Lipinski definition) is 1. The fourth-order valence-electron chi connectivity index (χ4n) is 2.83. The molecule has 0 saturated heterocycles. The lowest BCUT2D eigenvalue weighted by Gasteiger charge is -2.22. The number of carbonyl (C=O) groups excluding carboxylic acids is 1. The predicted molar refractivity (Wildman–Crippen MR) is 50.7 cm³/mol. The molecule has 1 saturated carbocycles. The van der Waals surface area contributed by atoms with Crippen molar-refractivity contribution in [3.8, 4) is 0 Å². The zero-order chi connectivity index (χ0) is 10.3. The number of Topliss-reactive ketones (excluding diaryl/α,β-unsaturated/α-hetero) is 1. The minimum absolute atomic E-state index is 0.0954. The number of fused-ring (bicyclic) bond motifs is 2. The third-order valence-electron chi connectivity index (χ3n) is 3.46. The van der Waals surface area contributed by atoms with Gasteiger partial charge < -0.3 is 5.11 Å². The molecule has 0 aromatic carbocycles. The molecule has 3 heteroatoms. The van der Waals surface area contributed by atoms with Gasteiger partial charge in [-0.3, -0.25) is 9.59 Å². The van der Waals surface area contributed by atoms with Crippen LogP contribution in [0.3, 0.4) is 0 Å². The summed E-state index contributed by atoms with van der Waals surface area (Å²) in [7, 11) is 0. The molecule has 76 valence electrons. The van der Waals surface area contributed by atoms with Crippen molar-refractivity contribution in [3.05, 3.63) is 12.2 Å². The molecule has 2 bridgehead atoms. The quantitative estimate of drug-likeness (QED) is 0.692. The van der Waals surface area contributed by atoms with E-state index in [-0.39, 0.29) is 23.5 Å². The van der Waals surface area contributed by atoms with E-state index >= 15 is 0 Å². The molecule has 0 amide bonds. The molecule has 14 heavy (non-hydrogen) atoms. The summed E-state index contributed by atoms with van der Waals surface area (Å²) >= 11 is 0. The van der Waals surface area contributed by atoms with Crippen LogP contribution < -0.4 is 0 Å². The van der Waals surface area contributed by atoms with E-state index in [2.05, 4.69) is 0 Å². The van der Waals surface area contributed by atoms with E-state index in [1.165, 1.54) is 0 Å². The molecule has 0 radical (unpaired) electrons. The van der Waals surface area contributed by atoms with E-state index in [9.17, 15) is 9.59 Å². The van der Waals surface area contributed by atoms with Crippen LogP contribution in [0.15, 0.2) is 12.2 Å². The number of carbonyl (C=O) groups is 2. The second-order valence-electron chi connectivity index (χ2n) is 4.16. The predicted octanol–water partition coefficient (Wildman–Crippen LogP) is 1.49. The highest BCUT2D eigenvalue weighted by Gasteiger charge is 2.50. The third-order valence-corrected chi connectivity index (χ3v) is 3.46. The Morgan fingerprint density at radius 1 is 1.29 bits per heavy atom. The van der Waals surface area contributed by atoms with Crippen LogP contribution in [0, 0.1) is 23.7 Å². The molecule has 0 aromatic heterocycles. The third kappa shape index (κ3) is 1.19. The fourth-order valence-corrected chi connectivity index (χ4v) is 2.83. The topological polar surface area (TPSA) is 54.4 Å². The molecule has 2 aliphatic rings. The Labute approximate surface area is 82.8 Å². The molecular formula is C11H14O3. The van der Waals surface area contributed by atoms with Gasteiger partial charge >= 0.3 is 5.97 Å². The lowest BCUT2D eigenvalue weighted by atomic mass is 9.80. The van der Waals surface area contributed by atoms with Crippen molar-refractivity contribution in [2.24, 2.45) is 23.7 Å². The molecular weight excluding hydrogens is 180 g/mol. The van der Waals surface area contributed by atoms with Gasteiger partial charge in [-0.05, 0) is 18.3 Å².